The molecule has 1 aliphatic rings. The molecular weight excluding hydrogens is 436 g/mol. The summed E-state index contributed by atoms with van der Waals surface area (Å²) < 4.78 is 15.6. The number of amides is 1. The first-order valence-electron chi connectivity index (χ1n) is 10.7. The summed E-state index contributed by atoms with van der Waals surface area (Å²) in [6, 6.07) is 6.69. The van der Waals surface area contributed by atoms with E-state index in [0.29, 0.717) is 23.6 Å². The van der Waals surface area contributed by atoms with Crippen LogP contribution >= 0.6 is 11.6 Å². The Morgan fingerprint density at radius 3 is 2.47 bits per heavy atom. The molecule has 0 aromatic heterocycles. The van der Waals surface area contributed by atoms with Crippen molar-refractivity contribution in [2.24, 2.45) is 0 Å². The molecule has 8 nitrogen and oxygen atoms in total. The quantitative estimate of drug-likeness (QED) is 0.244. The number of hydrogen-bond acceptors (Lipinski definition) is 7. The van der Waals surface area contributed by atoms with Crippen LogP contribution in [0, 0.1) is 0 Å². The molecule has 0 fully saturated rings. The molecule has 1 N–H and O–H groups in total. The first-order chi connectivity index (χ1) is 15.4. The van der Waals surface area contributed by atoms with Gasteiger partial charge < -0.3 is 14.2 Å². The second kappa shape index (κ2) is 12.8. The molecular formula is C23H29ClN2O6. The number of rotatable bonds is 11. The number of anilines is 1. The number of Topliss-reactive ketones (excluding diaryl/α,β-unsaturated/α-hetero) is 1. The van der Waals surface area contributed by atoms with Crippen LogP contribution in [0.3, 0.4) is 0 Å². The van der Waals surface area contributed by atoms with E-state index in [2.05, 4.69) is 12.0 Å². The number of ether oxygens (including phenoxy) is 3. The number of carbonyl (C=O) groups excluding carboxylic acids is 3. The Morgan fingerprint density at radius 2 is 1.81 bits per heavy atom. The fourth-order valence-corrected chi connectivity index (χ4v) is 3.07. The van der Waals surface area contributed by atoms with E-state index in [9.17, 15) is 14.4 Å². The highest BCUT2D eigenvalue weighted by Gasteiger charge is 2.33. The second-order valence-corrected chi connectivity index (χ2v) is 7.58. The lowest BCUT2D eigenvalue weighted by atomic mass is 10.1. The molecule has 1 aliphatic carbocycles. The molecule has 1 aromatic carbocycles. The Bertz CT molecular complexity index is 883. The van der Waals surface area contributed by atoms with E-state index in [1.165, 1.54) is 0 Å². The van der Waals surface area contributed by atoms with Gasteiger partial charge in [0.1, 0.15) is 5.76 Å². The first kappa shape index (κ1) is 25.3. The molecule has 2 rings (SSSR count). The van der Waals surface area contributed by atoms with Gasteiger partial charge in [0.15, 0.2) is 5.78 Å². The van der Waals surface area contributed by atoms with Crippen molar-refractivity contribution in [3.63, 3.8) is 0 Å². The van der Waals surface area contributed by atoms with E-state index in [1.807, 2.05) is 13.8 Å². The van der Waals surface area contributed by atoms with E-state index < -0.39 is 12.2 Å². The lowest BCUT2D eigenvalue weighted by Gasteiger charge is -2.26. The van der Waals surface area contributed by atoms with E-state index in [-0.39, 0.29) is 48.9 Å². The number of allylic oxidation sites excluding steroid dienone is 2. The maximum atomic E-state index is 12.8. The molecule has 9 heteroatoms. The van der Waals surface area contributed by atoms with Gasteiger partial charge in [0, 0.05) is 17.9 Å². The average Bonchev–Trinajstić information content (AvgIpc) is 3.11. The van der Waals surface area contributed by atoms with Crippen molar-refractivity contribution in [3.05, 3.63) is 52.9 Å². The molecule has 0 saturated heterocycles. The van der Waals surface area contributed by atoms with Crippen molar-refractivity contribution >= 4 is 35.3 Å². The number of nitrogens with one attached hydrogen (secondary N) is 1. The minimum atomic E-state index is -0.895. The van der Waals surface area contributed by atoms with Crippen LogP contribution in [0.25, 0.3) is 0 Å². The fraction of sp³-hybridized carbons (Fsp3) is 0.435. The summed E-state index contributed by atoms with van der Waals surface area (Å²) in [5.74, 6) is -0.189. The van der Waals surface area contributed by atoms with Crippen LogP contribution in [0.1, 0.15) is 52.4 Å². The summed E-state index contributed by atoms with van der Waals surface area (Å²) in [7, 11) is 0. The molecule has 0 saturated carbocycles. The lowest BCUT2D eigenvalue weighted by Crippen LogP contribution is -2.37. The molecule has 0 bridgehead atoms. The number of nitrogens with zero attached hydrogens (tertiary/aromatic N) is 1. The summed E-state index contributed by atoms with van der Waals surface area (Å²) in [5.41, 5.74) is 3.41. The molecule has 32 heavy (non-hydrogen) atoms. The fourth-order valence-electron chi connectivity index (χ4n) is 2.88. The Hall–Kier alpha value is -3.00. The first-order valence-corrected chi connectivity index (χ1v) is 11.0. The van der Waals surface area contributed by atoms with Crippen molar-refractivity contribution in [3.8, 4) is 0 Å². The predicted octanol–water partition coefficient (Wildman–Crippen LogP) is 5.99. The van der Waals surface area contributed by atoms with Crippen molar-refractivity contribution < 1.29 is 28.6 Å². The van der Waals surface area contributed by atoms with Gasteiger partial charge in [-0.25, -0.2) is 9.59 Å². The normalized spacial score (nSPS) is 13.0. The van der Waals surface area contributed by atoms with Gasteiger partial charge in [-0.2, -0.15) is 5.01 Å². The molecule has 0 aliphatic heterocycles. The van der Waals surface area contributed by atoms with Crippen LogP contribution < -0.4 is 5.43 Å². The summed E-state index contributed by atoms with van der Waals surface area (Å²) in [5, 5.41) is 1.47. The average molecular weight is 465 g/mol. The Balaban J connectivity index is 2.26. The van der Waals surface area contributed by atoms with E-state index in [1.54, 1.807) is 24.3 Å². The van der Waals surface area contributed by atoms with Crippen LogP contribution in [-0.4, -0.2) is 36.3 Å². The molecule has 0 unspecified atom stereocenters. The summed E-state index contributed by atoms with van der Waals surface area (Å²) in [6.07, 6.45) is 1.77. The predicted molar refractivity (Wildman–Crippen MR) is 121 cm³/mol. The number of hydrogen-bond donors (Lipinski definition) is 1. The van der Waals surface area contributed by atoms with Crippen LogP contribution in [0.15, 0.2) is 47.9 Å². The molecule has 174 valence electrons. The maximum absolute atomic E-state index is 12.8. The van der Waals surface area contributed by atoms with E-state index in [4.69, 9.17) is 25.8 Å². The summed E-state index contributed by atoms with van der Waals surface area (Å²) >= 11 is 6.04. The van der Waals surface area contributed by atoms with Gasteiger partial charge in [-0.15, -0.1) is 0 Å². The molecule has 0 heterocycles. The minimum absolute atomic E-state index is 0.00494. The van der Waals surface area contributed by atoms with E-state index in [0.717, 1.165) is 17.9 Å². The number of benzene rings is 1. The number of carbonyl (C=O) groups is 3. The Morgan fingerprint density at radius 1 is 1.12 bits per heavy atom. The van der Waals surface area contributed by atoms with Gasteiger partial charge in [-0.1, -0.05) is 50.9 Å². The van der Waals surface area contributed by atoms with Crippen molar-refractivity contribution in [2.45, 2.75) is 52.4 Å². The third kappa shape index (κ3) is 7.30. The lowest BCUT2D eigenvalue weighted by molar-refractivity contribution is -0.114. The highest BCUT2D eigenvalue weighted by atomic mass is 35.5. The second-order valence-electron chi connectivity index (χ2n) is 7.15. The van der Waals surface area contributed by atoms with Crippen LogP contribution in [0.5, 0.6) is 0 Å². The monoisotopic (exact) mass is 464 g/mol. The number of halogens is 1. The van der Waals surface area contributed by atoms with E-state index >= 15 is 0 Å². The maximum Gasteiger partial charge on any atom is 0.513 e. The van der Waals surface area contributed by atoms with Crippen LogP contribution in [-0.2, 0) is 19.0 Å². The smallest absolute Gasteiger partial charge is 0.448 e. The number of ketones is 1. The molecule has 0 atom stereocenters. The largest absolute Gasteiger partial charge is 0.513 e. The van der Waals surface area contributed by atoms with Gasteiger partial charge >= 0.3 is 12.2 Å². The molecule has 1 amide bonds. The van der Waals surface area contributed by atoms with Crippen LogP contribution in [0.4, 0.5) is 15.3 Å². The van der Waals surface area contributed by atoms with Gasteiger partial charge in [-0.3, -0.25) is 10.2 Å². The van der Waals surface area contributed by atoms with Crippen molar-refractivity contribution in [1.82, 2.24) is 5.01 Å². The topological polar surface area (TPSA) is 94.2 Å². The number of unbranched alkanes of at least 4 members (excludes halogenated alkanes) is 2. The minimum Gasteiger partial charge on any atom is -0.448 e. The zero-order chi connectivity index (χ0) is 23.5. The highest BCUT2D eigenvalue weighted by Crippen LogP contribution is 2.31. The van der Waals surface area contributed by atoms with Crippen molar-refractivity contribution in [2.75, 3.05) is 18.6 Å². The van der Waals surface area contributed by atoms with Crippen molar-refractivity contribution in [1.29, 1.82) is 0 Å². The van der Waals surface area contributed by atoms with Gasteiger partial charge in [0.05, 0.1) is 30.2 Å². The highest BCUT2D eigenvalue weighted by molar-refractivity contribution is 6.30. The third-order valence-electron chi connectivity index (χ3n) is 4.59. The molecule has 0 spiro atoms. The van der Waals surface area contributed by atoms with Gasteiger partial charge in [0.25, 0.3) is 0 Å². The van der Waals surface area contributed by atoms with Gasteiger partial charge in [0.2, 0.25) is 0 Å². The Labute approximate surface area is 193 Å². The zero-order valence-electron chi connectivity index (χ0n) is 18.4. The third-order valence-corrected chi connectivity index (χ3v) is 4.83. The zero-order valence-corrected chi connectivity index (χ0v) is 19.2. The Kier molecular flexibility index (Phi) is 10.1. The van der Waals surface area contributed by atoms with Crippen LogP contribution in [0.2, 0.25) is 5.02 Å². The summed E-state index contributed by atoms with van der Waals surface area (Å²) in [4.78, 5) is 37.4. The number of hydrazine groups is 1. The standard InChI is InChI=1S/C23H29ClN2O6/c1-4-6-13-30-22(28)26(25-18-10-8-9-17(24)15-18)16(3)21-19(27)11-12-20(21)32-23(29)31-14-7-5-2/h8-10,15,25H,3-7,11-14H2,1-2H3. The SMILES string of the molecule is C=C(C1=C(OC(=O)OCCCC)CCC1=O)N(Nc1cccc(Cl)c1)C(=O)OCCCC. The molecule has 0 radical (unpaired) electrons. The summed E-state index contributed by atoms with van der Waals surface area (Å²) in [6.45, 7) is 8.27. The molecule has 1 aromatic rings. The van der Waals surface area contributed by atoms with Gasteiger partial charge in [-0.05, 0) is 31.0 Å².